The van der Waals surface area contributed by atoms with Gasteiger partial charge in [-0.25, -0.2) is 0 Å². The summed E-state index contributed by atoms with van der Waals surface area (Å²) < 4.78 is 12.0. The zero-order valence-electron chi connectivity index (χ0n) is 15.3. The van der Waals surface area contributed by atoms with Crippen LogP contribution in [0.1, 0.15) is 63.9 Å². The van der Waals surface area contributed by atoms with Gasteiger partial charge in [0.25, 0.3) is 0 Å². The van der Waals surface area contributed by atoms with Crippen LogP contribution in [-0.2, 0) is 4.74 Å². The van der Waals surface area contributed by atoms with Gasteiger partial charge in [-0.15, -0.1) is 0 Å². The smallest absolute Gasteiger partial charge is 0.125 e. The number of ether oxygens (including phenoxy) is 2. The average molecular weight is 349 g/mol. The molecular formula is C21H32O2S. The first-order valence-corrected chi connectivity index (χ1v) is 10.8. The molecule has 0 aromatic heterocycles. The summed E-state index contributed by atoms with van der Waals surface area (Å²) in [4.78, 5) is 0. The zero-order valence-corrected chi connectivity index (χ0v) is 16.1. The van der Waals surface area contributed by atoms with Gasteiger partial charge in [0.2, 0.25) is 0 Å². The molecule has 1 fully saturated rings. The first-order chi connectivity index (χ1) is 11.8. The summed E-state index contributed by atoms with van der Waals surface area (Å²) in [7, 11) is 0. The minimum atomic E-state index is 0.813. The van der Waals surface area contributed by atoms with Crippen LogP contribution in [0.5, 0.6) is 5.75 Å². The lowest BCUT2D eigenvalue weighted by molar-refractivity contribution is 0.264. The van der Waals surface area contributed by atoms with E-state index in [0.717, 1.165) is 37.6 Å². The third-order valence-corrected chi connectivity index (χ3v) is 5.10. The molecule has 0 radical (unpaired) electrons. The Bertz CT molecular complexity index is 487. The van der Waals surface area contributed by atoms with E-state index < -0.39 is 0 Å². The van der Waals surface area contributed by atoms with Crippen molar-refractivity contribution in [1.82, 2.24) is 0 Å². The van der Waals surface area contributed by atoms with Crippen molar-refractivity contribution in [2.75, 3.05) is 25.2 Å². The number of hydrogen-bond acceptors (Lipinski definition) is 3. The van der Waals surface area contributed by atoms with Crippen LogP contribution >= 0.6 is 11.8 Å². The van der Waals surface area contributed by atoms with Crippen molar-refractivity contribution in [2.45, 2.75) is 58.3 Å². The third-order valence-electron chi connectivity index (χ3n) is 4.40. The van der Waals surface area contributed by atoms with Crippen LogP contribution in [0.15, 0.2) is 29.8 Å². The van der Waals surface area contributed by atoms with Crippen molar-refractivity contribution in [3.8, 4) is 5.75 Å². The van der Waals surface area contributed by atoms with Crippen molar-refractivity contribution >= 4 is 17.5 Å². The van der Waals surface area contributed by atoms with Gasteiger partial charge in [0.1, 0.15) is 11.5 Å². The van der Waals surface area contributed by atoms with Gasteiger partial charge in [0.15, 0.2) is 0 Å². The molecule has 1 aliphatic rings. The first-order valence-electron chi connectivity index (χ1n) is 9.42. The predicted octanol–water partition coefficient (Wildman–Crippen LogP) is 6.31. The fraction of sp³-hybridized carbons (Fsp3) is 0.619. The molecule has 0 spiro atoms. The Morgan fingerprint density at radius 2 is 1.75 bits per heavy atom. The van der Waals surface area contributed by atoms with Crippen molar-refractivity contribution in [3.05, 3.63) is 35.4 Å². The van der Waals surface area contributed by atoms with E-state index in [4.69, 9.17) is 9.47 Å². The van der Waals surface area contributed by atoms with Crippen LogP contribution in [0.4, 0.5) is 0 Å². The Balaban J connectivity index is 1.87. The summed E-state index contributed by atoms with van der Waals surface area (Å²) in [6.07, 6.45) is 11.8. The third kappa shape index (κ3) is 6.43. The topological polar surface area (TPSA) is 18.5 Å². The quantitative estimate of drug-likeness (QED) is 0.326. The molecule has 1 aromatic rings. The highest BCUT2D eigenvalue weighted by Gasteiger charge is 2.17. The maximum absolute atomic E-state index is 6.16. The van der Waals surface area contributed by atoms with Gasteiger partial charge in [0, 0.05) is 5.56 Å². The largest absolute Gasteiger partial charge is 0.494 e. The van der Waals surface area contributed by atoms with E-state index >= 15 is 0 Å². The summed E-state index contributed by atoms with van der Waals surface area (Å²) in [6, 6.07) is 8.46. The minimum absolute atomic E-state index is 0.813. The van der Waals surface area contributed by atoms with Gasteiger partial charge in [-0.05, 0) is 80.4 Å². The summed E-state index contributed by atoms with van der Waals surface area (Å²) >= 11 is 1.91. The number of thioether (sulfide) groups is 1. The Hall–Kier alpha value is -1.09. The monoisotopic (exact) mass is 348 g/mol. The molecule has 1 aliphatic carbocycles. The second kappa shape index (κ2) is 11.5. The van der Waals surface area contributed by atoms with Crippen LogP contribution in [0.25, 0.3) is 5.76 Å². The van der Waals surface area contributed by atoms with Crippen LogP contribution < -0.4 is 4.74 Å². The lowest BCUT2D eigenvalue weighted by Crippen LogP contribution is -2.06. The first kappa shape index (κ1) is 19.2. The molecule has 0 heterocycles. The van der Waals surface area contributed by atoms with E-state index in [-0.39, 0.29) is 0 Å². The van der Waals surface area contributed by atoms with Crippen molar-refractivity contribution in [3.63, 3.8) is 0 Å². The van der Waals surface area contributed by atoms with Crippen molar-refractivity contribution in [2.24, 2.45) is 0 Å². The fourth-order valence-corrected chi connectivity index (χ4v) is 3.23. The minimum Gasteiger partial charge on any atom is -0.494 e. The molecule has 24 heavy (non-hydrogen) atoms. The van der Waals surface area contributed by atoms with Crippen LogP contribution in [0, 0.1) is 0 Å². The number of benzene rings is 1. The molecule has 0 unspecified atom stereocenters. The Morgan fingerprint density at radius 3 is 2.38 bits per heavy atom. The molecule has 0 amide bonds. The molecule has 0 saturated heterocycles. The standard InChI is InChI=1S/C21H32O2S/c1-3-4-5-15-22-20-13-11-19(12-14-20)21(18-9-8-10-18)23-16-6-7-17-24-2/h11-14H,3-10,15-17H2,1-2H3. The van der Waals surface area contributed by atoms with Crippen LogP contribution in [0.3, 0.4) is 0 Å². The van der Waals surface area contributed by atoms with Crippen molar-refractivity contribution in [1.29, 1.82) is 0 Å². The highest BCUT2D eigenvalue weighted by atomic mass is 32.2. The van der Waals surface area contributed by atoms with E-state index in [1.54, 1.807) is 0 Å². The maximum atomic E-state index is 6.16. The normalized spacial score (nSPS) is 13.5. The molecule has 2 rings (SSSR count). The van der Waals surface area contributed by atoms with E-state index in [1.807, 2.05) is 11.8 Å². The van der Waals surface area contributed by atoms with Crippen LogP contribution in [-0.4, -0.2) is 25.2 Å². The second-order valence-electron chi connectivity index (χ2n) is 6.41. The molecule has 2 nitrogen and oxygen atoms in total. The number of unbranched alkanes of at least 4 members (excludes halogenated alkanes) is 3. The molecule has 134 valence electrons. The maximum Gasteiger partial charge on any atom is 0.125 e. The Labute approximate surface area is 152 Å². The SMILES string of the molecule is CCCCCOc1ccc(C(OCCCCSC)=C2CCC2)cc1. The lowest BCUT2D eigenvalue weighted by atomic mass is 9.89. The average Bonchev–Trinajstić information content (AvgIpc) is 2.56. The number of rotatable bonds is 12. The fourth-order valence-electron chi connectivity index (χ4n) is 2.74. The lowest BCUT2D eigenvalue weighted by Gasteiger charge is -2.23. The Kier molecular flexibility index (Phi) is 9.19. The van der Waals surface area contributed by atoms with E-state index in [1.165, 1.54) is 55.4 Å². The van der Waals surface area contributed by atoms with Gasteiger partial charge in [-0.2, -0.15) is 11.8 Å². The molecule has 0 bridgehead atoms. The van der Waals surface area contributed by atoms with Gasteiger partial charge in [0.05, 0.1) is 13.2 Å². The predicted molar refractivity (Wildman–Crippen MR) is 106 cm³/mol. The summed E-state index contributed by atoms with van der Waals surface area (Å²) in [6.45, 7) is 3.85. The molecule has 0 atom stereocenters. The number of hydrogen-bond donors (Lipinski definition) is 0. The van der Waals surface area contributed by atoms with E-state index in [0.29, 0.717) is 0 Å². The summed E-state index contributed by atoms with van der Waals surface area (Å²) in [5, 5.41) is 0. The molecule has 1 saturated carbocycles. The number of allylic oxidation sites excluding steroid dienone is 1. The molecule has 0 N–H and O–H groups in total. The Morgan fingerprint density at radius 1 is 1.00 bits per heavy atom. The second-order valence-corrected chi connectivity index (χ2v) is 7.40. The zero-order chi connectivity index (χ0) is 17.0. The van der Waals surface area contributed by atoms with Gasteiger partial charge >= 0.3 is 0 Å². The highest BCUT2D eigenvalue weighted by molar-refractivity contribution is 7.98. The van der Waals surface area contributed by atoms with Crippen LogP contribution in [0.2, 0.25) is 0 Å². The molecule has 3 heteroatoms. The van der Waals surface area contributed by atoms with Gasteiger partial charge in [-0.3, -0.25) is 0 Å². The summed E-state index contributed by atoms with van der Waals surface area (Å²) in [5.74, 6) is 3.31. The molecule has 1 aromatic carbocycles. The summed E-state index contributed by atoms with van der Waals surface area (Å²) in [5.41, 5.74) is 2.69. The van der Waals surface area contributed by atoms with Gasteiger partial charge in [-0.1, -0.05) is 19.8 Å². The highest BCUT2D eigenvalue weighted by Crippen LogP contribution is 2.34. The van der Waals surface area contributed by atoms with E-state index in [2.05, 4.69) is 37.4 Å². The van der Waals surface area contributed by atoms with Crippen molar-refractivity contribution < 1.29 is 9.47 Å². The molecule has 0 aliphatic heterocycles. The van der Waals surface area contributed by atoms with E-state index in [9.17, 15) is 0 Å². The van der Waals surface area contributed by atoms with Gasteiger partial charge < -0.3 is 9.47 Å². The molecular weight excluding hydrogens is 316 g/mol.